The van der Waals surface area contributed by atoms with Gasteiger partial charge in [-0.2, -0.15) is 0 Å². The van der Waals surface area contributed by atoms with Crippen LogP contribution in [0.1, 0.15) is 44.7 Å². The number of rotatable bonds is 4. The van der Waals surface area contributed by atoms with Gasteiger partial charge in [-0.25, -0.2) is 9.79 Å². The van der Waals surface area contributed by atoms with E-state index in [9.17, 15) is 9.59 Å². The standard InChI is InChI=1S/C23H24N2O3S/c1-3-28-22(27)19-15(2)24-23-25(20(19)17-12-8-5-9-13-17)21(26)18(29-23)14-16-10-6-4-7-11-16/h4-8,10-11,14,17,20H,3,9,12-13H2,1-2H3/b18-14-. The molecule has 1 aliphatic heterocycles. The second-order valence-electron chi connectivity index (χ2n) is 7.30. The lowest BCUT2D eigenvalue weighted by Crippen LogP contribution is -2.42. The van der Waals surface area contributed by atoms with Crippen LogP contribution in [0.15, 0.2) is 63.5 Å². The highest BCUT2D eigenvalue weighted by molar-refractivity contribution is 7.07. The predicted molar refractivity (Wildman–Crippen MR) is 114 cm³/mol. The van der Waals surface area contributed by atoms with Crippen molar-refractivity contribution < 1.29 is 9.53 Å². The van der Waals surface area contributed by atoms with E-state index in [1.165, 1.54) is 11.3 Å². The Morgan fingerprint density at radius 1 is 1.31 bits per heavy atom. The summed E-state index contributed by atoms with van der Waals surface area (Å²) >= 11 is 1.38. The van der Waals surface area contributed by atoms with Crippen LogP contribution in [0.3, 0.4) is 0 Å². The first-order valence-corrected chi connectivity index (χ1v) is 10.8. The molecule has 0 amide bonds. The third kappa shape index (κ3) is 3.77. The number of benzene rings is 1. The molecule has 0 radical (unpaired) electrons. The first-order chi connectivity index (χ1) is 14.1. The molecule has 4 rings (SSSR count). The van der Waals surface area contributed by atoms with Gasteiger partial charge in [0.05, 0.1) is 28.5 Å². The molecule has 2 atom stereocenters. The molecule has 6 heteroatoms. The lowest BCUT2D eigenvalue weighted by Gasteiger charge is -2.32. The second kappa shape index (κ2) is 8.33. The number of carbonyl (C=O) groups excluding carboxylic acids is 1. The minimum atomic E-state index is -0.370. The molecule has 1 aromatic carbocycles. The van der Waals surface area contributed by atoms with Crippen molar-refractivity contribution in [3.63, 3.8) is 0 Å². The van der Waals surface area contributed by atoms with Crippen molar-refractivity contribution in [2.75, 3.05) is 6.61 Å². The minimum Gasteiger partial charge on any atom is -0.463 e. The quantitative estimate of drug-likeness (QED) is 0.577. The Bertz CT molecular complexity index is 1150. The maximum Gasteiger partial charge on any atom is 0.337 e. The average Bonchev–Trinajstić information content (AvgIpc) is 3.03. The van der Waals surface area contributed by atoms with Crippen LogP contribution in [-0.2, 0) is 9.53 Å². The number of hydrogen-bond donors (Lipinski definition) is 0. The van der Waals surface area contributed by atoms with E-state index in [4.69, 9.17) is 4.74 Å². The summed E-state index contributed by atoms with van der Waals surface area (Å²) in [6.45, 7) is 3.93. The molecule has 1 aromatic heterocycles. The third-order valence-corrected chi connectivity index (χ3v) is 6.40. The fourth-order valence-corrected chi connectivity index (χ4v) is 5.14. The SMILES string of the molecule is CCOC(=O)C1=C(C)N=c2s/c(=C\c3ccccc3)c(=O)n2C1C1CC=CCC1. The molecule has 0 fully saturated rings. The van der Waals surface area contributed by atoms with Gasteiger partial charge in [0.15, 0.2) is 4.80 Å². The number of fused-ring (bicyclic) bond motifs is 1. The molecule has 2 aliphatic rings. The Morgan fingerprint density at radius 3 is 2.79 bits per heavy atom. The van der Waals surface area contributed by atoms with Crippen LogP contribution in [0.5, 0.6) is 0 Å². The van der Waals surface area contributed by atoms with Gasteiger partial charge in [-0.05, 0) is 50.7 Å². The van der Waals surface area contributed by atoms with E-state index in [2.05, 4.69) is 17.1 Å². The largest absolute Gasteiger partial charge is 0.463 e. The lowest BCUT2D eigenvalue weighted by molar-refractivity contribution is -0.139. The fraction of sp³-hybridized carbons (Fsp3) is 0.348. The zero-order valence-electron chi connectivity index (χ0n) is 16.6. The van der Waals surface area contributed by atoms with E-state index < -0.39 is 0 Å². The van der Waals surface area contributed by atoms with Crippen LogP contribution in [0.2, 0.25) is 0 Å². The molecule has 0 saturated carbocycles. The van der Waals surface area contributed by atoms with Gasteiger partial charge in [0, 0.05) is 0 Å². The maximum absolute atomic E-state index is 13.4. The molecule has 5 nitrogen and oxygen atoms in total. The van der Waals surface area contributed by atoms with Gasteiger partial charge in [0.2, 0.25) is 0 Å². The minimum absolute atomic E-state index is 0.0912. The van der Waals surface area contributed by atoms with E-state index in [1.807, 2.05) is 43.3 Å². The normalized spacial score (nSPS) is 21.7. The van der Waals surface area contributed by atoms with Gasteiger partial charge in [-0.15, -0.1) is 0 Å². The molecule has 0 bridgehead atoms. The first kappa shape index (κ1) is 19.6. The summed E-state index contributed by atoms with van der Waals surface area (Å²) in [4.78, 5) is 31.5. The summed E-state index contributed by atoms with van der Waals surface area (Å²) in [7, 11) is 0. The van der Waals surface area contributed by atoms with Gasteiger partial charge in [0.25, 0.3) is 5.56 Å². The van der Waals surface area contributed by atoms with Gasteiger partial charge in [0.1, 0.15) is 0 Å². The molecular formula is C23H24N2O3S. The topological polar surface area (TPSA) is 60.7 Å². The van der Waals surface area contributed by atoms with E-state index in [0.29, 0.717) is 27.2 Å². The van der Waals surface area contributed by atoms with Crippen LogP contribution < -0.4 is 14.9 Å². The molecule has 0 spiro atoms. The summed E-state index contributed by atoms with van der Waals surface area (Å²) in [6, 6.07) is 9.44. The van der Waals surface area contributed by atoms with Crippen LogP contribution in [0, 0.1) is 5.92 Å². The zero-order chi connectivity index (χ0) is 20.4. The number of ether oxygens (including phenoxy) is 1. The van der Waals surface area contributed by atoms with Crippen molar-refractivity contribution in [3.05, 3.63) is 79.0 Å². The Labute approximate surface area is 173 Å². The van der Waals surface area contributed by atoms with Crippen molar-refractivity contribution >= 4 is 23.4 Å². The summed E-state index contributed by atoms with van der Waals surface area (Å²) in [5.41, 5.74) is 2.05. The monoisotopic (exact) mass is 408 g/mol. The maximum atomic E-state index is 13.4. The van der Waals surface area contributed by atoms with Crippen LogP contribution >= 0.6 is 11.3 Å². The molecule has 1 aliphatic carbocycles. The first-order valence-electron chi connectivity index (χ1n) is 10.00. The number of nitrogens with zero attached hydrogens (tertiary/aromatic N) is 2. The highest BCUT2D eigenvalue weighted by atomic mass is 32.1. The van der Waals surface area contributed by atoms with Gasteiger partial charge in [-0.3, -0.25) is 9.36 Å². The highest BCUT2D eigenvalue weighted by Crippen LogP contribution is 2.37. The van der Waals surface area contributed by atoms with Gasteiger partial charge in [-0.1, -0.05) is 53.8 Å². The number of thiazole rings is 1. The number of allylic oxidation sites excluding steroid dienone is 3. The Hall–Kier alpha value is -2.73. The van der Waals surface area contributed by atoms with Gasteiger partial charge < -0.3 is 4.74 Å². The number of hydrogen-bond acceptors (Lipinski definition) is 5. The summed E-state index contributed by atoms with van der Waals surface area (Å²) in [5.74, 6) is -0.203. The Morgan fingerprint density at radius 2 is 2.10 bits per heavy atom. The van der Waals surface area contributed by atoms with Crippen molar-refractivity contribution in [2.24, 2.45) is 10.9 Å². The molecule has 0 saturated heterocycles. The summed E-state index contributed by atoms with van der Waals surface area (Å²) in [5, 5.41) is 0. The molecule has 2 aromatic rings. The zero-order valence-corrected chi connectivity index (χ0v) is 17.4. The molecule has 29 heavy (non-hydrogen) atoms. The Kier molecular flexibility index (Phi) is 5.62. The lowest BCUT2D eigenvalue weighted by atomic mass is 9.82. The van der Waals surface area contributed by atoms with E-state index in [0.717, 1.165) is 24.8 Å². The van der Waals surface area contributed by atoms with Crippen LogP contribution in [-0.4, -0.2) is 17.1 Å². The number of carbonyl (C=O) groups is 1. The second-order valence-corrected chi connectivity index (χ2v) is 8.31. The number of aromatic nitrogens is 1. The molecule has 0 N–H and O–H groups in total. The van der Waals surface area contributed by atoms with Crippen molar-refractivity contribution in [3.8, 4) is 0 Å². The summed E-state index contributed by atoms with van der Waals surface area (Å²) in [6.07, 6.45) is 8.91. The smallest absolute Gasteiger partial charge is 0.337 e. The average molecular weight is 409 g/mol. The molecular weight excluding hydrogens is 384 g/mol. The fourth-order valence-electron chi connectivity index (χ4n) is 4.09. The molecule has 2 unspecified atom stereocenters. The van der Waals surface area contributed by atoms with E-state index >= 15 is 0 Å². The Balaban J connectivity index is 1.90. The molecule has 150 valence electrons. The van der Waals surface area contributed by atoms with E-state index in [1.54, 1.807) is 11.5 Å². The van der Waals surface area contributed by atoms with Crippen molar-refractivity contribution in [2.45, 2.75) is 39.2 Å². The summed E-state index contributed by atoms with van der Waals surface area (Å²) < 4.78 is 7.69. The van der Waals surface area contributed by atoms with Crippen molar-refractivity contribution in [1.29, 1.82) is 0 Å². The number of esters is 1. The van der Waals surface area contributed by atoms with Gasteiger partial charge >= 0.3 is 5.97 Å². The van der Waals surface area contributed by atoms with Crippen molar-refractivity contribution in [1.82, 2.24) is 4.57 Å². The van der Waals surface area contributed by atoms with Crippen LogP contribution in [0.4, 0.5) is 0 Å². The predicted octanol–water partition coefficient (Wildman–Crippen LogP) is 3.11. The van der Waals surface area contributed by atoms with E-state index in [-0.39, 0.29) is 23.5 Å². The third-order valence-electron chi connectivity index (χ3n) is 5.41. The van der Waals surface area contributed by atoms with Crippen LogP contribution in [0.25, 0.3) is 6.08 Å². The molecule has 2 heterocycles. The highest BCUT2D eigenvalue weighted by Gasteiger charge is 2.37.